The zero-order valence-electron chi connectivity index (χ0n) is 19.8. The minimum absolute atomic E-state index is 0.226. The second-order valence-corrected chi connectivity index (χ2v) is 9.01. The monoisotopic (exact) mass is 452 g/mol. The highest BCUT2D eigenvalue weighted by Crippen LogP contribution is 2.35. The third-order valence-electron chi connectivity index (χ3n) is 6.89. The van der Waals surface area contributed by atoms with Gasteiger partial charge in [0.25, 0.3) is 11.8 Å². The first-order chi connectivity index (χ1) is 16.5. The molecule has 0 saturated heterocycles. The van der Waals surface area contributed by atoms with E-state index in [4.69, 9.17) is 4.74 Å². The molecule has 0 aliphatic carbocycles. The Morgan fingerprint density at radius 1 is 0.853 bits per heavy atom. The van der Waals surface area contributed by atoms with E-state index in [1.165, 1.54) is 16.0 Å². The molecule has 5 nitrogen and oxygen atoms in total. The molecule has 3 aromatic rings. The van der Waals surface area contributed by atoms with E-state index in [9.17, 15) is 9.59 Å². The molecule has 0 fully saturated rings. The number of hydrogen-bond acceptors (Lipinski definition) is 4. The molecule has 3 aromatic carbocycles. The van der Waals surface area contributed by atoms with Crippen LogP contribution < -0.4 is 4.74 Å². The maximum Gasteiger partial charge on any atom is 0.278 e. The van der Waals surface area contributed by atoms with E-state index in [2.05, 4.69) is 23.1 Å². The maximum atomic E-state index is 13.8. The van der Waals surface area contributed by atoms with Crippen molar-refractivity contribution in [3.05, 3.63) is 106 Å². The van der Waals surface area contributed by atoms with Crippen LogP contribution in [0.2, 0.25) is 0 Å². The molecule has 5 heteroatoms. The van der Waals surface area contributed by atoms with Gasteiger partial charge in [-0.3, -0.25) is 14.5 Å². The standard InChI is InChI=1S/C29H28N2O3/c1-19-8-11-23(16-20(19)2)26-27(30-15-14-22-6-4-5-7-24(22)18-30)29(33)31(28(26)32)17-21-9-12-25(34-3)13-10-21/h4-13,16H,14-15,17-18H2,1-3H3. The Balaban J connectivity index is 1.54. The average molecular weight is 453 g/mol. The summed E-state index contributed by atoms with van der Waals surface area (Å²) in [5.74, 6) is 0.274. The normalized spacial score (nSPS) is 15.7. The van der Waals surface area contributed by atoms with Gasteiger partial charge in [-0.05, 0) is 65.8 Å². The number of carbonyl (C=O) groups excluding carboxylic acids is 2. The van der Waals surface area contributed by atoms with Crippen LogP contribution in [0.25, 0.3) is 5.57 Å². The number of amides is 2. The van der Waals surface area contributed by atoms with Crippen molar-refractivity contribution in [2.24, 2.45) is 0 Å². The quantitative estimate of drug-likeness (QED) is 0.529. The third kappa shape index (κ3) is 3.87. The lowest BCUT2D eigenvalue weighted by atomic mass is 9.96. The summed E-state index contributed by atoms with van der Waals surface area (Å²) in [5, 5.41) is 0. The second-order valence-electron chi connectivity index (χ2n) is 9.01. The molecule has 5 rings (SSSR count). The van der Waals surface area contributed by atoms with Gasteiger partial charge in [0.1, 0.15) is 11.4 Å². The Morgan fingerprint density at radius 3 is 2.29 bits per heavy atom. The molecule has 0 aromatic heterocycles. The first-order valence-corrected chi connectivity index (χ1v) is 11.6. The van der Waals surface area contributed by atoms with Crippen LogP contribution in [0.1, 0.15) is 33.4 Å². The van der Waals surface area contributed by atoms with Crippen molar-refractivity contribution < 1.29 is 14.3 Å². The number of fused-ring (bicyclic) bond motifs is 1. The van der Waals surface area contributed by atoms with Gasteiger partial charge in [-0.2, -0.15) is 0 Å². The third-order valence-corrected chi connectivity index (χ3v) is 6.89. The molecule has 2 aliphatic rings. The summed E-state index contributed by atoms with van der Waals surface area (Å²) in [5.41, 5.74) is 7.46. The van der Waals surface area contributed by atoms with E-state index in [0.29, 0.717) is 24.4 Å². The maximum absolute atomic E-state index is 13.8. The number of carbonyl (C=O) groups is 2. The Morgan fingerprint density at radius 2 is 1.59 bits per heavy atom. The predicted molar refractivity (Wildman–Crippen MR) is 132 cm³/mol. The molecule has 0 atom stereocenters. The van der Waals surface area contributed by atoms with Gasteiger partial charge in [-0.15, -0.1) is 0 Å². The first-order valence-electron chi connectivity index (χ1n) is 11.6. The molecule has 0 spiro atoms. The zero-order chi connectivity index (χ0) is 23.8. The summed E-state index contributed by atoms with van der Waals surface area (Å²) in [4.78, 5) is 31.0. The fraction of sp³-hybridized carbons (Fsp3) is 0.241. The molecule has 2 heterocycles. The van der Waals surface area contributed by atoms with Crippen molar-refractivity contribution in [1.29, 1.82) is 0 Å². The van der Waals surface area contributed by atoms with Gasteiger partial charge < -0.3 is 9.64 Å². The van der Waals surface area contributed by atoms with Crippen LogP contribution in [0, 0.1) is 13.8 Å². The number of aryl methyl sites for hydroxylation is 2. The van der Waals surface area contributed by atoms with Crippen molar-refractivity contribution in [2.75, 3.05) is 13.7 Å². The lowest BCUT2D eigenvalue weighted by Gasteiger charge is -2.31. The topological polar surface area (TPSA) is 49.9 Å². The molecule has 34 heavy (non-hydrogen) atoms. The van der Waals surface area contributed by atoms with Crippen molar-refractivity contribution in [1.82, 2.24) is 9.80 Å². The number of benzene rings is 3. The molecule has 0 radical (unpaired) electrons. The van der Waals surface area contributed by atoms with Crippen LogP contribution in [0.4, 0.5) is 0 Å². The summed E-state index contributed by atoms with van der Waals surface area (Å²) in [7, 11) is 1.62. The van der Waals surface area contributed by atoms with Crippen LogP contribution in [0.3, 0.4) is 0 Å². The molecule has 2 aliphatic heterocycles. The largest absolute Gasteiger partial charge is 0.497 e. The molecule has 0 bridgehead atoms. The summed E-state index contributed by atoms with van der Waals surface area (Å²) < 4.78 is 5.24. The highest BCUT2D eigenvalue weighted by atomic mass is 16.5. The summed E-state index contributed by atoms with van der Waals surface area (Å²) >= 11 is 0. The summed E-state index contributed by atoms with van der Waals surface area (Å²) in [6, 6.07) is 21.8. The van der Waals surface area contributed by atoms with Gasteiger partial charge in [-0.25, -0.2) is 0 Å². The van der Waals surface area contributed by atoms with Gasteiger partial charge in [-0.1, -0.05) is 54.6 Å². The molecule has 0 unspecified atom stereocenters. The minimum atomic E-state index is -0.238. The number of imide groups is 1. The Labute approximate surface area is 200 Å². The minimum Gasteiger partial charge on any atom is -0.497 e. The second kappa shape index (κ2) is 8.82. The number of rotatable bonds is 5. The van der Waals surface area contributed by atoms with Gasteiger partial charge >= 0.3 is 0 Å². The van der Waals surface area contributed by atoms with Gasteiger partial charge in [0.2, 0.25) is 0 Å². The summed E-state index contributed by atoms with van der Waals surface area (Å²) in [6.07, 6.45) is 0.847. The SMILES string of the molecule is COc1ccc(CN2C(=O)C(c3ccc(C)c(C)c3)=C(N3CCc4ccccc4C3)C2=O)cc1. The Bertz CT molecular complexity index is 1310. The Kier molecular flexibility index (Phi) is 5.70. The van der Waals surface area contributed by atoms with Crippen LogP contribution in [0.15, 0.2) is 72.4 Å². The number of hydrogen-bond donors (Lipinski definition) is 0. The molecule has 0 saturated carbocycles. The highest BCUT2D eigenvalue weighted by molar-refractivity contribution is 6.35. The van der Waals surface area contributed by atoms with Crippen LogP contribution in [0.5, 0.6) is 5.75 Å². The molecular formula is C29H28N2O3. The molecule has 2 amide bonds. The van der Waals surface area contributed by atoms with Crippen molar-refractivity contribution in [2.45, 2.75) is 33.4 Å². The molecular weight excluding hydrogens is 424 g/mol. The van der Waals surface area contributed by atoms with E-state index < -0.39 is 0 Å². The van der Waals surface area contributed by atoms with Crippen LogP contribution in [-0.4, -0.2) is 35.3 Å². The van der Waals surface area contributed by atoms with E-state index in [1.807, 2.05) is 62.4 Å². The van der Waals surface area contributed by atoms with Gasteiger partial charge in [0, 0.05) is 13.1 Å². The van der Waals surface area contributed by atoms with E-state index >= 15 is 0 Å². The number of nitrogens with zero attached hydrogens (tertiary/aromatic N) is 2. The lowest BCUT2D eigenvalue weighted by molar-refractivity contribution is -0.138. The predicted octanol–water partition coefficient (Wildman–Crippen LogP) is 4.65. The Hall–Kier alpha value is -3.86. The molecule has 172 valence electrons. The van der Waals surface area contributed by atoms with Gasteiger partial charge in [0.15, 0.2) is 0 Å². The van der Waals surface area contributed by atoms with E-state index in [-0.39, 0.29) is 18.4 Å². The number of ether oxygens (including phenoxy) is 1. The zero-order valence-corrected chi connectivity index (χ0v) is 19.8. The van der Waals surface area contributed by atoms with Crippen molar-refractivity contribution in [3.63, 3.8) is 0 Å². The van der Waals surface area contributed by atoms with Crippen molar-refractivity contribution >= 4 is 17.4 Å². The lowest BCUT2D eigenvalue weighted by Crippen LogP contribution is -2.37. The molecule has 0 N–H and O–H groups in total. The first kappa shape index (κ1) is 22.0. The van der Waals surface area contributed by atoms with E-state index in [1.54, 1.807) is 7.11 Å². The fourth-order valence-corrected chi connectivity index (χ4v) is 4.76. The van der Waals surface area contributed by atoms with Crippen molar-refractivity contribution in [3.8, 4) is 5.75 Å². The van der Waals surface area contributed by atoms with Gasteiger partial charge in [0.05, 0.1) is 19.2 Å². The number of methoxy groups -OCH3 is 1. The fourth-order valence-electron chi connectivity index (χ4n) is 4.76. The van der Waals surface area contributed by atoms with Crippen LogP contribution >= 0.6 is 0 Å². The highest BCUT2D eigenvalue weighted by Gasteiger charge is 2.42. The van der Waals surface area contributed by atoms with E-state index in [0.717, 1.165) is 34.4 Å². The smallest absolute Gasteiger partial charge is 0.278 e. The summed E-state index contributed by atoms with van der Waals surface area (Å²) in [6.45, 7) is 5.63. The average Bonchev–Trinajstić information content (AvgIpc) is 3.10. The van der Waals surface area contributed by atoms with Crippen LogP contribution in [-0.2, 0) is 29.1 Å².